The molecular weight excluding hydrogens is 612 g/mol. The largest absolute Gasteiger partial charge is 0.493 e. The highest BCUT2D eigenvalue weighted by molar-refractivity contribution is 6.30. The number of aromatic nitrogens is 1. The average molecular weight is 661 g/mol. The molecule has 0 saturated carbocycles. The first-order valence-corrected chi connectivity index (χ1v) is 17.7. The Morgan fingerprint density at radius 1 is 1.09 bits per heavy atom. The number of hydrogen-bond acceptors (Lipinski definition) is 6. The number of aryl methyl sites for hydroxylation is 2. The lowest BCUT2D eigenvalue weighted by atomic mass is 9.82. The Morgan fingerprint density at radius 3 is 2.60 bits per heavy atom. The summed E-state index contributed by atoms with van der Waals surface area (Å²) in [6, 6.07) is 13.6. The number of carboxylic acid groups (broad SMARTS) is 1. The van der Waals surface area contributed by atoms with Gasteiger partial charge in [-0.05, 0) is 123 Å². The molecule has 2 aliphatic carbocycles. The van der Waals surface area contributed by atoms with E-state index in [9.17, 15) is 9.90 Å². The Morgan fingerprint density at radius 2 is 1.85 bits per heavy atom. The van der Waals surface area contributed by atoms with Crippen LogP contribution in [-0.2, 0) is 24.1 Å². The van der Waals surface area contributed by atoms with Gasteiger partial charge in [0.1, 0.15) is 11.3 Å². The predicted molar refractivity (Wildman–Crippen MR) is 186 cm³/mol. The molecule has 4 atom stereocenters. The number of anilines is 1. The highest BCUT2D eigenvalue weighted by Crippen LogP contribution is 2.41. The lowest BCUT2D eigenvalue weighted by molar-refractivity contribution is -0.143. The number of benzene rings is 2. The van der Waals surface area contributed by atoms with Crippen LogP contribution in [-0.4, -0.2) is 41.4 Å². The molecule has 8 heteroatoms. The van der Waals surface area contributed by atoms with E-state index in [4.69, 9.17) is 25.8 Å². The first-order valence-electron chi connectivity index (χ1n) is 17.3. The minimum absolute atomic E-state index is 0.103. The number of carboxylic acids is 1. The molecule has 0 saturated heterocycles. The Labute approximate surface area is 284 Å². The van der Waals surface area contributed by atoms with Crippen molar-refractivity contribution < 1.29 is 24.1 Å². The van der Waals surface area contributed by atoms with Crippen LogP contribution in [0.2, 0.25) is 5.02 Å². The van der Waals surface area contributed by atoms with E-state index in [-0.39, 0.29) is 17.3 Å². The van der Waals surface area contributed by atoms with Crippen molar-refractivity contribution in [1.29, 1.82) is 0 Å². The molecule has 47 heavy (non-hydrogen) atoms. The van der Waals surface area contributed by atoms with E-state index in [2.05, 4.69) is 50.1 Å². The van der Waals surface area contributed by atoms with Gasteiger partial charge in [0.15, 0.2) is 11.5 Å². The molecule has 2 aromatic carbocycles. The summed E-state index contributed by atoms with van der Waals surface area (Å²) in [4.78, 5) is 17.8. The minimum atomic E-state index is -1.15. The first-order chi connectivity index (χ1) is 22.5. The second-order valence-corrected chi connectivity index (χ2v) is 15.5. The van der Waals surface area contributed by atoms with Gasteiger partial charge in [0, 0.05) is 33.6 Å². The summed E-state index contributed by atoms with van der Waals surface area (Å²) in [5, 5.41) is 14.8. The number of fused-ring (bicyclic) bond motifs is 3. The average Bonchev–Trinajstić information content (AvgIpc) is 3.13. The van der Waals surface area contributed by atoms with Crippen LogP contribution in [0.4, 0.5) is 5.69 Å². The number of nitrogens with one attached hydrogen (secondary N) is 1. The summed E-state index contributed by atoms with van der Waals surface area (Å²) in [6.07, 6.45) is 9.27. The third-order valence-corrected chi connectivity index (χ3v) is 10.5. The second kappa shape index (κ2) is 14.0. The Hall–Kier alpha value is -3.45. The van der Waals surface area contributed by atoms with E-state index < -0.39 is 11.5 Å². The van der Waals surface area contributed by atoms with E-state index >= 15 is 0 Å². The number of rotatable bonds is 8. The SMILES string of the molecule is C[C@@H](COc1ccnc2c1[C@H](C)CCC2)C[C@@H]1CC[C@@](Nc2cccc(Cl)c2)(C(=O)O)CCc2cc3c(cc2C1)OCC(C)(C)CO3. The molecule has 0 bridgehead atoms. The van der Waals surface area contributed by atoms with Gasteiger partial charge in [-0.2, -0.15) is 0 Å². The van der Waals surface area contributed by atoms with Crippen LogP contribution in [0.5, 0.6) is 17.2 Å². The standard InChI is InChI=1S/C39H49ClN2O5/c1-25(22-45-33-13-16-41-32-10-5-7-26(2)36(32)33)17-27-11-14-39(37(43)44,42-31-9-6-8-30(40)21-31)15-12-28-19-34-35(20-29(28)18-27)47-24-38(3,4)23-46-34/h6,8-9,13,16,19-21,25-27,42H,5,7,10-12,14-15,17-18,22-24H2,1-4H3,(H,43,44)/t25-,26-,27+,39+/m1/s1. The maximum absolute atomic E-state index is 13.2. The fraction of sp³-hybridized carbons (Fsp3) is 0.538. The van der Waals surface area contributed by atoms with Gasteiger partial charge in [-0.25, -0.2) is 4.79 Å². The van der Waals surface area contributed by atoms with Crippen LogP contribution in [0.3, 0.4) is 0 Å². The maximum atomic E-state index is 13.2. The van der Waals surface area contributed by atoms with Crippen molar-refractivity contribution in [2.45, 2.75) is 96.9 Å². The molecule has 2 heterocycles. The molecule has 0 unspecified atom stereocenters. The topological polar surface area (TPSA) is 89.9 Å². The van der Waals surface area contributed by atoms with Crippen molar-refractivity contribution >= 4 is 23.3 Å². The second-order valence-electron chi connectivity index (χ2n) is 15.1. The fourth-order valence-corrected chi connectivity index (χ4v) is 7.78. The predicted octanol–water partition coefficient (Wildman–Crippen LogP) is 8.90. The monoisotopic (exact) mass is 660 g/mol. The molecule has 6 rings (SSSR count). The fourth-order valence-electron chi connectivity index (χ4n) is 7.59. The molecule has 1 aliphatic heterocycles. The van der Waals surface area contributed by atoms with Crippen LogP contribution >= 0.6 is 11.6 Å². The third kappa shape index (κ3) is 7.83. The van der Waals surface area contributed by atoms with Crippen molar-refractivity contribution in [3.8, 4) is 17.2 Å². The number of nitrogens with zero attached hydrogens (tertiary/aromatic N) is 1. The number of ether oxygens (including phenoxy) is 3. The van der Waals surface area contributed by atoms with Gasteiger partial charge in [-0.3, -0.25) is 4.98 Å². The van der Waals surface area contributed by atoms with Crippen molar-refractivity contribution in [3.05, 3.63) is 76.1 Å². The first kappa shape index (κ1) is 33.5. The van der Waals surface area contributed by atoms with Crippen molar-refractivity contribution in [1.82, 2.24) is 4.98 Å². The van der Waals surface area contributed by atoms with Crippen LogP contribution in [0.15, 0.2) is 48.7 Å². The van der Waals surface area contributed by atoms with Gasteiger partial charge < -0.3 is 24.6 Å². The molecule has 252 valence electrons. The molecule has 2 N–H and O–H groups in total. The number of aliphatic carboxylic acids is 1. The summed E-state index contributed by atoms with van der Waals surface area (Å²) >= 11 is 6.31. The maximum Gasteiger partial charge on any atom is 0.329 e. The summed E-state index contributed by atoms with van der Waals surface area (Å²) in [6.45, 7) is 10.6. The number of hydrogen-bond donors (Lipinski definition) is 2. The van der Waals surface area contributed by atoms with Crippen molar-refractivity contribution in [2.75, 3.05) is 25.1 Å². The van der Waals surface area contributed by atoms with Crippen molar-refractivity contribution in [2.24, 2.45) is 17.3 Å². The molecule has 0 amide bonds. The lowest BCUT2D eigenvalue weighted by Crippen LogP contribution is -2.47. The van der Waals surface area contributed by atoms with E-state index in [0.717, 1.165) is 54.9 Å². The summed E-state index contributed by atoms with van der Waals surface area (Å²) < 4.78 is 19.1. The molecule has 0 spiro atoms. The van der Waals surface area contributed by atoms with E-state index in [1.165, 1.54) is 23.2 Å². The van der Waals surface area contributed by atoms with Crippen LogP contribution in [0.1, 0.15) is 94.5 Å². The number of halogens is 1. The zero-order valence-corrected chi connectivity index (χ0v) is 29.0. The molecule has 7 nitrogen and oxygen atoms in total. The quantitative estimate of drug-likeness (QED) is 0.249. The van der Waals surface area contributed by atoms with Crippen LogP contribution in [0.25, 0.3) is 0 Å². The molecule has 3 aromatic rings. The zero-order valence-electron chi connectivity index (χ0n) is 28.2. The number of pyridine rings is 1. The highest BCUT2D eigenvalue weighted by atomic mass is 35.5. The lowest BCUT2D eigenvalue weighted by Gasteiger charge is -2.33. The number of carbonyl (C=O) groups is 1. The third-order valence-electron chi connectivity index (χ3n) is 10.3. The Kier molecular flexibility index (Phi) is 9.93. The van der Waals surface area contributed by atoms with E-state index in [1.54, 1.807) is 12.1 Å². The van der Waals surface area contributed by atoms with Crippen LogP contribution < -0.4 is 19.5 Å². The normalized spacial score (nSPS) is 24.3. The summed E-state index contributed by atoms with van der Waals surface area (Å²) in [5.74, 6) is 2.61. The molecule has 0 radical (unpaired) electrons. The molecule has 3 aliphatic rings. The Bertz CT molecular complexity index is 1590. The Balaban J connectivity index is 1.27. The molecule has 0 fully saturated rings. The van der Waals surface area contributed by atoms with Gasteiger partial charge in [0.2, 0.25) is 0 Å². The van der Waals surface area contributed by atoms with Gasteiger partial charge in [-0.1, -0.05) is 45.4 Å². The molecule has 1 aromatic heterocycles. The molecular formula is C39H49ClN2O5. The van der Waals surface area contributed by atoms with Gasteiger partial charge in [0.05, 0.1) is 19.8 Å². The van der Waals surface area contributed by atoms with Gasteiger partial charge in [0.25, 0.3) is 0 Å². The zero-order chi connectivity index (χ0) is 33.2. The smallest absolute Gasteiger partial charge is 0.329 e. The van der Waals surface area contributed by atoms with Crippen molar-refractivity contribution in [3.63, 3.8) is 0 Å². The van der Waals surface area contributed by atoms with Gasteiger partial charge >= 0.3 is 5.97 Å². The summed E-state index contributed by atoms with van der Waals surface area (Å²) in [5.41, 5.74) is 4.24. The minimum Gasteiger partial charge on any atom is -0.493 e. The van der Waals surface area contributed by atoms with Gasteiger partial charge in [-0.15, -0.1) is 0 Å². The van der Waals surface area contributed by atoms with Crippen LogP contribution in [0, 0.1) is 17.3 Å². The van der Waals surface area contributed by atoms with E-state index in [0.29, 0.717) is 55.7 Å². The van der Waals surface area contributed by atoms with E-state index in [1.807, 2.05) is 24.4 Å². The summed E-state index contributed by atoms with van der Waals surface area (Å²) in [7, 11) is 0. The highest BCUT2D eigenvalue weighted by Gasteiger charge is 2.40.